The third-order valence-electron chi connectivity index (χ3n) is 3.46. The summed E-state index contributed by atoms with van der Waals surface area (Å²) in [6.45, 7) is 4.82. The zero-order valence-corrected chi connectivity index (χ0v) is 12.1. The molecule has 1 aromatic heterocycles. The second-order valence-electron chi connectivity index (χ2n) is 5.52. The minimum Gasteiger partial charge on any atom is -0.330 e. The molecule has 3 nitrogen and oxygen atoms in total. The van der Waals surface area contributed by atoms with Gasteiger partial charge in [0, 0.05) is 12.2 Å². The standard InChI is InChI=1S/C16H22FN3/c1-12(2)20-8-7-16(19-20)10-14(11-18)9-13-3-5-15(17)6-4-13/h3-8,12,14H,9-11,18H2,1-2H3. The van der Waals surface area contributed by atoms with E-state index >= 15 is 0 Å². The zero-order chi connectivity index (χ0) is 14.5. The maximum atomic E-state index is 12.9. The van der Waals surface area contributed by atoms with Crippen molar-refractivity contribution in [3.05, 3.63) is 53.6 Å². The third kappa shape index (κ3) is 3.90. The van der Waals surface area contributed by atoms with Crippen LogP contribution in [0.3, 0.4) is 0 Å². The Kier molecular flexibility index (Phi) is 4.90. The minimum absolute atomic E-state index is 0.200. The Morgan fingerprint density at radius 3 is 2.40 bits per heavy atom. The van der Waals surface area contributed by atoms with Crippen LogP contribution in [0.15, 0.2) is 36.5 Å². The van der Waals surface area contributed by atoms with Gasteiger partial charge in [0.25, 0.3) is 0 Å². The molecule has 0 radical (unpaired) electrons. The van der Waals surface area contributed by atoms with E-state index in [9.17, 15) is 4.39 Å². The molecule has 1 heterocycles. The SMILES string of the molecule is CC(C)n1ccc(CC(CN)Cc2ccc(F)cc2)n1. The Hall–Kier alpha value is -1.68. The summed E-state index contributed by atoms with van der Waals surface area (Å²) in [5.74, 6) is 0.129. The van der Waals surface area contributed by atoms with Gasteiger partial charge in [-0.1, -0.05) is 12.1 Å². The summed E-state index contributed by atoms with van der Waals surface area (Å²) < 4.78 is 14.9. The maximum Gasteiger partial charge on any atom is 0.123 e. The average molecular weight is 275 g/mol. The van der Waals surface area contributed by atoms with Crippen molar-refractivity contribution in [3.63, 3.8) is 0 Å². The number of benzene rings is 1. The lowest BCUT2D eigenvalue weighted by molar-refractivity contribution is 0.496. The fraction of sp³-hybridized carbons (Fsp3) is 0.438. The van der Waals surface area contributed by atoms with Gasteiger partial charge in [0.2, 0.25) is 0 Å². The molecule has 1 aromatic carbocycles. The topological polar surface area (TPSA) is 43.8 Å². The molecule has 0 saturated heterocycles. The molecular formula is C16H22FN3. The average Bonchev–Trinajstić information content (AvgIpc) is 2.89. The van der Waals surface area contributed by atoms with Crippen molar-refractivity contribution in [2.45, 2.75) is 32.7 Å². The monoisotopic (exact) mass is 275 g/mol. The molecule has 2 aromatic rings. The minimum atomic E-state index is -0.200. The quantitative estimate of drug-likeness (QED) is 0.881. The van der Waals surface area contributed by atoms with Crippen molar-refractivity contribution in [2.24, 2.45) is 11.7 Å². The van der Waals surface area contributed by atoms with Crippen LogP contribution in [-0.2, 0) is 12.8 Å². The summed E-state index contributed by atoms with van der Waals surface area (Å²) in [5.41, 5.74) is 8.04. The van der Waals surface area contributed by atoms with Crippen LogP contribution in [0.25, 0.3) is 0 Å². The van der Waals surface area contributed by atoms with Crippen molar-refractivity contribution in [1.29, 1.82) is 0 Å². The lowest BCUT2D eigenvalue weighted by Gasteiger charge is -2.13. The van der Waals surface area contributed by atoms with E-state index in [0.717, 1.165) is 24.1 Å². The second kappa shape index (κ2) is 6.66. The Labute approximate surface area is 119 Å². The van der Waals surface area contributed by atoms with E-state index in [2.05, 4.69) is 18.9 Å². The van der Waals surface area contributed by atoms with Crippen molar-refractivity contribution in [2.75, 3.05) is 6.54 Å². The van der Waals surface area contributed by atoms with Crippen LogP contribution in [0.2, 0.25) is 0 Å². The van der Waals surface area contributed by atoms with Crippen molar-refractivity contribution >= 4 is 0 Å². The predicted molar refractivity (Wildman–Crippen MR) is 79.0 cm³/mol. The molecule has 1 unspecified atom stereocenters. The van der Waals surface area contributed by atoms with Gasteiger partial charge in [-0.2, -0.15) is 5.10 Å². The molecule has 4 heteroatoms. The maximum absolute atomic E-state index is 12.9. The van der Waals surface area contributed by atoms with Gasteiger partial charge < -0.3 is 5.73 Å². The smallest absolute Gasteiger partial charge is 0.123 e. The fourth-order valence-electron chi connectivity index (χ4n) is 2.26. The molecule has 0 aliphatic heterocycles. The number of rotatable bonds is 6. The number of halogens is 1. The first kappa shape index (κ1) is 14.7. The number of hydrogen-bond donors (Lipinski definition) is 1. The Balaban J connectivity index is 1.99. The summed E-state index contributed by atoms with van der Waals surface area (Å²) in [5, 5.41) is 4.55. The molecule has 2 rings (SSSR count). The third-order valence-corrected chi connectivity index (χ3v) is 3.46. The molecule has 0 saturated carbocycles. The Bertz CT molecular complexity index is 531. The zero-order valence-electron chi connectivity index (χ0n) is 12.1. The van der Waals surface area contributed by atoms with Crippen LogP contribution < -0.4 is 5.73 Å². The van der Waals surface area contributed by atoms with Gasteiger partial charge >= 0.3 is 0 Å². The summed E-state index contributed by atoms with van der Waals surface area (Å²) in [6, 6.07) is 9.06. The molecule has 0 amide bonds. The van der Waals surface area contributed by atoms with E-state index < -0.39 is 0 Å². The number of hydrogen-bond acceptors (Lipinski definition) is 2. The molecule has 0 bridgehead atoms. The van der Waals surface area contributed by atoms with Gasteiger partial charge in [-0.15, -0.1) is 0 Å². The summed E-state index contributed by atoms with van der Waals surface area (Å²) in [6.07, 6.45) is 3.71. The highest BCUT2D eigenvalue weighted by atomic mass is 19.1. The van der Waals surface area contributed by atoms with Crippen molar-refractivity contribution < 1.29 is 4.39 Å². The largest absolute Gasteiger partial charge is 0.330 e. The van der Waals surface area contributed by atoms with E-state index in [1.54, 1.807) is 0 Å². The predicted octanol–water partition coefficient (Wildman–Crippen LogP) is 2.96. The second-order valence-corrected chi connectivity index (χ2v) is 5.52. The first-order valence-electron chi connectivity index (χ1n) is 7.07. The van der Waals surface area contributed by atoms with Gasteiger partial charge in [-0.3, -0.25) is 4.68 Å². The highest BCUT2D eigenvalue weighted by Gasteiger charge is 2.12. The first-order chi connectivity index (χ1) is 9.58. The highest BCUT2D eigenvalue weighted by Crippen LogP contribution is 2.14. The number of aromatic nitrogens is 2. The van der Waals surface area contributed by atoms with Crippen LogP contribution in [0, 0.1) is 11.7 Å². The Morgan fingerprint density at radius 1 is 1.15 bits per heavy atom. The van der Waals surface area contributed by atoms with E-state index in [0.29, 0.717) is 18.5 Å². The van der Waals surface area contributed by atoms with Gasteiger partial charge in [0.05, 0.1) is 5.69 Å². The van der Waals surface area contributed by atoms with E-state index in [1.807, 2.05) is 29.1 Å². The van der Waals surface area contributed by atoms with E-state index in [1.165, 1.54) is 12.1 Å². The summed E-state index contributed by atoms with van der Waals surface area (Å²) >= 11 is 0. The number of nitrogens with two attached hydrogens (primary N) is 1. The fourth-order valence-corrected chi connectivity index (χ4v) is 2.26. The molecule has 20 heavy (non-hydrogen) atoms. The molecule has 0 aliphatic carbocycles. The van der Waals surface area contributed by atoms with E-state index in [4.69, 9.17) is 5.73 Å². The lowest BCUT2D eigenvalue weighted by Crippen LogP contribution is -2.19. The molecule has 2 N–H and O–H groups in total. The summed E-state index contributed by atoms with van der Waals surface area (Å²) in [4.78, 5) is 0. The van der Waals surface area contributed by atoms with Crippen LogP contribution in [0.5, 0.6) is 0 Å². The molecular weight excluding hydrogens is 253 g/mol. The molecule has 0 aliphatic rings. The van der Waals surface area contributed by atoms with Crippen LogP contribution in [-0.4, -0.2) is 16.3 Å². The van der Waals surface area contributed by atoms with Gasteiger partial charge in [-0.05, 0) is 62.9 Å². The van der Waals surface area contributed by atoms with Gasteiger partial charge in [0.1, 0.15) is 5.82 Å². The lowest BCUT2D eigenvalue weighted by atomic mass is 9.95. The molecule has 108 valence electrons. The van der Waals surface area contributed by atoms with Gasteiger partial charge in [0.15, 0.2) is 0 Å². The van der Waals surface area contributed by atoms with Crippen LogP contribution in [0.1, 0.15) is 31.1 Å². The summed E-state index contributed by atoms with van der Waals surface area (Å²) in [7, 11) is 0. The van der Waals surface area contributed by atoms with E-state index in [-0.39, 0.29) is 5.82 Å². The number of nitrogens with zero attached hydrogens (tertiary/aromatic N) is 2. The van der Waals surface area contributed by atoms with Crippen LogP contribution >= 0.6 is 0 Å². The van der Waals surface area contributed by atoms with Crippen LogP contribution in [0.4, 0.5) is 4.39 Å². The highest BCUT2D eigenvalue weighted by molar-refractivity contribution is 5.17. The first-order valence-corrected chi connectivity index (χ1v) is 7.07. The molecule has 1 atom stereocenters. The van der Waals surface area contributed by atoms with Crippen molar-refractivity contribution in [3.8, 4) is 0 Å². The van der Waals surface area contributed by atoms with Crippen molar-refractivity contribution in [1.82, 2.24) is 9.78 Å². The Morgan fingerprint density at radius 2 is 1.85 bits per heavy atom. The van der Waals surface area contributed by atoms with Gasteiger partial charge in [-0.25, -0.2) is 4.39 Å². The molecule has 0 fully saturated rings. The normalized spacial score (nSPS) is 12.8. The molecule has 0 spiro atoms.